The second-order valence-electron chi connectivity index (χ2n) is 5.09. The van der Waals surface area contributed by atoms with Crippen molar-refractivity contribution in [1.29, 1.82) is 0 Å². The molecule has 0 unspecified atom stereocenters. The number of aromatic nitrogens is 3. The summed E-state index contributed by atoms with van der Waals surface area (Å²) < 4.78 is 27.6. The molecule has 0 atom stereocenters. The van der Waals surface area contributed by atoms with Gasteiger partial charge in [-0.2, -0.15) is 5.10 Å². The third-order valence-corrected chi connectivity index (χ3v) is 7.24. The normalized spacial score (nSPS) is 12.0. The molecule has 0 spiro atoms. The van der Waals surface area contributed by atoms with E-state index in [1.54, 1.807) is 25.2 Å². The van der Waals surface area contributed by atoms with Crippen LogP contribution in [-0.2, 0) is 16.6 Å². The van der Waals surface area contributed by atoms with E-state index in [9.17, 15) is 8.42 Å². The van der Waals surface area contributed by atoms with Crippen LogP contribution in [0.15, 0.2) is 22.4 Å². The van der Waals surface area contributed by atoms with Gasteiger partial charge in [0, 0.05) is 11.4 Å². The first kappa shape index (κ1) is 16.3. The highest BCUT2D eigenvalue weighted by Gasteiger charge is 2.22. The summed E-state index contributed by atoms with van der Waals surface area (Å²) in [6.07, 6.45) is 0. The van der Waals surface area contributed by atoms with E-state index < -0.39 is 10.0 Å². The molecule has 9 heteroatoms. The quantitative estimate of drug-likeness (QED) is 0.725. The molecule has 3 heterocycles. The zero-order valence-corrected chi connectivity index (χ0v) is 15.3. The highest BCUT2D eigenvalue weighted by Crippen LogP contribution is 2.31. The number of aryl methyl sites for hydroxylation is 3. The molecule has 0 aromatic carbocycles. The number of nitrogens with one attached hydrogen (secondary N) is 2. The molecule has 3 aromatic rings. The van der Waals surface area contributed by atoms with Crippen molar-refractivity contribution in [2.75, 3.05) is 0 Å². The van der Waals surface area contributed by atoms with Crippen LogP contribution in [0.3, 0.4) is 0 Å². The maximum atomic E-state index is 12.5. The summed E-state index contributed by atoms with van der Waals surface area (Å²) in [7, 11) is -3.60. The van der Waals surface area contributed by atoms with Crippen molar-refractivity contribution in [2.45, 2.75) is 32.2 Å². The largest absolute Gasteiger partial charge is 0.281 e. The van der Waals surface area contributed by atoms with Gasteiger partial charge >= 0.3 is 0 Å². The smallest absolute Gasteiger partial charge is 0.244 e. The van der Waals surface area contributed by atoms with E-state index in [2.05, 4.69) is 19.9 Å². The summed E-state index contributed by atoms with van der Waals surface area (Å²) in [5, 5.41) is 9.56. The summed E-state index contributed by atoms with van der Waals surface area (Å²) >= 11 is 3.13. The molecule has 23 heavy (non-hydrogen) atoms. The fourth-order valence-corrected chi connectivity index (χ4v) is 5.52. The van der Waals surface area contributed by atoms with E-state index in [4.69, 9.17) is 0 Å². The number of rotatable bonds is 5. The molecule has 0 radical (unpaired) electrons. The average Bonchev–Trinajstić information content (AvgIpc) is 3.18. The zero-order valence-electron chi connectivity index (χ0n) is 12.9. The van der Waals surface area contributed by atoms with Gasteiger partial charge in [-0.05, 0) is 32.2 Å². The first-order valence-corrected chi connectivity index (χ1v) is 10.1. The van der Waals surface area contributed by atoms with Gasteiger partial charge in [-0.1, -0.05) is 6.07 Å². The lowest BCUT2D eigenvalue weighted by Gasteiger charge is -2.06. The topological polar surface area (TPSA) is 87.7 Å². The van der Waals surface area contributed by atoms with Gasteiger partial charge in [0.1, 0.15) is 9.90 Å². The summed E-state index contributed by atoms with van der Waals surface area (Å²) in [5.74, 6) is 0. The molecule has 0 aliphatic heterocycles. The number of H-pyrrole nitrogens is 1. The highest BCUT2D eigenvalue weighted by molar-refractivity contribution is 7.89. The number of hydrogen-bond acceptors (Lipinski definition) is 6. The zero-order chi connectivity index (χ0) is 16.6. The molecule has 0 saturated heterocycles. The number of aromatic amines is 1. The Morgan fingerprint density at radius 1 is 1.26 bits per heavy atom. The first-order chi connectivity index (χ1) is 10.9. The van der Waals surface area contributed by atoms with Crippen LogP contribution < -0.4 is 4.72 Å². The Bertz CT molecular complexity index is 904. The number of nitrogens with zero attached hydrogens (tertiary/aromatic N) is 2. The SMILES string of the molecule is Cc1nc(-c2cccs2)sc1CNS(=O)(=O)c1c(C)n[nH]c1C. The second kappa shape index (κ2) is 6.16. The van der Waals surface area contributed by atoms with Gasteiger partial charge < -0.3 is 0 Å². The van der Waals surface area contributed by atoms with Crippen LogP contribution in [0.1, 0.15) is 22.0 Å². The first-order valence-electron chi connectivity index (χ1n) is 6.90. The van der Waals surface area contributed by atoms with Crippen molar-refractivity contribution in [2.24, 2.45) is 0 Å². The Morgan fingerprint density at radius 2 is 2.04 bits per heavy atom. The Hall–Kier alpha value is -1.55. The van der Waals surface area contributed by atoms with Gasteiger partial charge in [0.15, 0.2) is 0 Å². The fourth-order valence-electron chi connectivity index (χ4n) is 2.27. The summed E-state index contributed by atoms with van der Waals surface area (Å²) in [4.78, 5) is 6.75. The fraction of sp³-hybridized carbons (Fsp3) is 0.286. The van der Waals surface area contributed by atoms with Crippen LogP contribution in [0.2, 0.25) is 0 Å². The van der Waals surface area contributed by atoms with E-state index in [0.717, 1.165) is 20.5 Å². The van der Waals surface area contributed by atoms with Gasteiger partial charge in [0.2, 0.25) is 10.0 Å². The lowest BCUT2D eigenvalue weighted by Crippen LogP contribution is -2.24. The highest BCUT2D eigenvalue weighted by atomic mass is 32.2. The summed E-state index contributed by atoms with van der Waals surface area (Å²) in [5.41, 5.74) is 1.85. The molecular formula is C14H16N4O2S3. The van der Waals surface area contributed by atoms with Gasteiger partial charge in [0.05, 0.1) is 22.0 Å². The Balaban J connectivity index is 1.81. The molecular weight excluding hydrogens is 352 g/mol. The lowest BCUT2D eigenvalue weighted by molar-refractivity contribution is 0.580. The minimum absolute atomic E-state index is 0.221. The molecule has 0 aliphatic rings. The predicted molar refractivity (Wildman–Crippen MR) is 92.3 cm³/mol. The molecule has 0 aliphatic carbocycles. The van der Waals surface area contributed by atoms with Crippen LogP contribution >= 0.6 is 22.7 Å². The average molecular weight is 369 g/mol. The molecule has 3 rings (SSSR count). The monoisotopic (exact) mass is 368 g/mol. The van der Waals surface area contributed by atoms with Crippen molar-refractivity contribution in [3.05, 3.63) is 39.5 Å². The summed E-state index contributed by atoms with van der Waals surface area (Å²) in [6, 6.07) is 3.98. The maximum absolute atomic E-state index is 12.5. The van der Waals surface area contributed by atoms with E-state index in [-0.39, 0.29) is 11.4 Å². The second-order valence-corrected chi connectivity index (χ2v) is 8.83. The van der Waals surface area contributed by atoms with Crippen LogP contribution in [0.4, 0.5) is 0 Å². The summed E-state index contributed by atoms with van der Waals surface area (Å²) in [6.45, 7) is 5.49. The third-order valence-electron chi connectivity index (χ3n) is 3.38. The molecule has 0 bridgehead atoms. The van der Waals surface area contributed by atoms with E-state index in [1.807, 2.05) is 24.4 Å². The van der Waals surface area contributed by atoms with E-state index in [1.165, 1.54) is 11.3 Å². The number of sulfonamides is 1. The molecule has 3 aromatic heterocycles. The molecule has 0 amide bonds. The number of thiazole rings is 1. The lowest BCUT2D eigenvalue weighted by atomic mass is 10.4. The van der Waals surface area contributed by atoms with Crippen LogP contribution in [0.25, 0.3) is 9.88 Å². The van der Waals surface area contributed by atoms with Gasteiger partial charge in [0.25, 0.3) is 0 Å². The van der Waals surface area contributed by atoms with E-state index >= 15 is 0 Å². The van der Waals surface area contributed by atoms with Crippen molar-refractivity contribution in [3.8, 4) is 9.88 Å². The number of thiophene rings is 1. The molecule has 6 nitrogen and oxygen atoms in total. The molecule has 2 N–H and O–H groups in total. The van der Waals surface area contributed by atoms with Crippen LogP contribution in [0, 0.1) is 20.8 Å². The van der Waals surface area contributed by atoms with Crippen molar-refractivity contribution in [1.82, 2.24) is 19.9 Å². The van der Waals surface area contributed by atoms with Crippen molar-refractivity contribution >= 4 is 32.7 Å². The van der Waals surface area contributed by atoms with Crippen LogP contribution in [0.5, 0.6) is 0 Å². The van der Waals surface area contributed by atoms with Gasteiger partial charge in [-0.3, -0.25) is 5.10 Å². The number of hydrogen-bond donors (Lipinski definition) is 2. The Morgan fingerprint density at radius 3 is 2.65 bits per heavy atom. The van der Waals surface area contributed by atoms with Crippen LogP contribution in [-0.4, -0.2) is 23.6 Å². The van der Waals surface area contributed by atoms with E-state index in [0.29, 0.717) is 11.4 Å². The van der Waals surface area contributed by atoms with Gasteiger partial charge in [-0.15, -0.1) is 22.7 Å². The minimum Gasteiger partial charge on any atom is -0.281 e. The molecule has 0 fully saturated rings. The van der Waals surface area contributed by atoms with Crippen molar-refractivity contribution in [3.63, 3.8) is 0 Å². The Kier molecular flexibility index (Phi) is 4.37. The predicted octanol–water partition coefficient (Wildman–Crippen LogP) is 3.00. The molecule has 122 valence electrons. The van der Waals surface area contributed by atoms with Crippen molar-refractivity contribution < 1.29 is 8.42 Å². The maximum Gasteiger partial charge on any atom is 0.244 e. The van der Waals surface area contributed by atoms with Gasteiger partial charge in [-0.25, -0.2) is 18.1 Å². The standard InChI is InChI=1S/C14H16N4O2S3/c1-8-12(22-14(16-8)11-5-4-6-21-11)7-15-23(19,20)13-9(2)17-18-10(13)3/h4-6,15H,7H2,1-3H3,(H,17,18). The molecule has 0 saturated carbocycles. The third kappa shape index (κ3) is 3.23. The minimum atomic E-state index is -3.60. The Labute approximate surface area is 142 Å².